The Hall–Kier alpha value is -5.02. The van der Waals surface area contributed by atoms with Gasteiger partial charge in [-0.15, -0.1) is 26.3 Å². The lowest BCUT2D eigenvalue weighted by molar-refractivity contribution is -0.0705. The Morgan fingerprint density at radius 2 is 0.895 bits per heavy atom. The molecule has 5 heterocycles. The van der Waals surface area contributed by atoms with E-state index < -0.39 is 68.2 Å². The Morgan fingerprint density at radius 3 is 1.19 bits per heavy atom. The summed E-state index contributed by atoms with van der Waals surface area (Å²) in [5.41, 5.74) is -3.13. The van der Waals surface area contributed by atoms with Gasteiger partial charge in [-0.3, -0.25) is 0 Å². The smallest absolute Gasteiger partial charge is 0.340 e. The number of rotatable bonds is 8. The molecule has 0 saturated carbocycles. The minimum absolute atomic E-state index is 0.133. The van der Waals surface area contributed by atoms with Gasteiger partial charge >= 0.3 is 11.3 Å². The Kier molecular flexibility index (Phi) is 8.63. The van der Waals surface area contributed by atoms with E-state index in [1.54, 1.807) is 36.4 Å². The highest BCUT2D eigenvalue weighted by Gasteiger charge is 2.65. The van der Waals surface area contributed by atoms with Crippen LogP contribution in [0.5, 0.6) is 23.0 Å². The van der Waals surface area contributed by atoms with Crippen LogP contribution in [0.4, 0.5) is 0 Å². The van der Waals surface area contributed by atoms with Crippen molar-refractivity contribution < 1.29 is 33.3 Å². The number of aromatic hydroxyl groups is 2. The van der Waals surface area contributed by atoms with Crippen molar-refractivity contribution in [1.29, 1.82) is 0 Å². The highest BCUT2D eigenvalue weighted by molar-refractivity contribution is 5.94. The molecule has 2 aromatic carbocycles. The maximum absolute atomic E-state index is 13.7. The molecule has 0 bridgehead atoms. The van der Waals surface area contributed by atoms with Gasteiger partial charge in [0.25, 0.3) is 0 Å². The van der Waals surface area contributed by atoms with Crippen LogP contribution >= 0.6 is 0 Å². The van der Waals surface area contributed by atoms with Crippen molar-refractivity contribution in [3.63, 3.8) is 0 Å². The van der Waals surface area contributed by atoms with Gasteiger partial charge in [0.15, 0.2) is 0 Å². The third-order valence-electron chi connectivity index (χ3n) is 13.3. The molecule has 1 saturated heterocycles. The summed E-state index contributed by atoms with van der Waals surface area (Å²) in [6, 6.07) is 3.36. The first-order valence-electron chi connectivity index (χ1n) is 19.6. The minimum Gasteiger partial charge on any atom is -0.507 e. The average Bonchev–Trinajstić information content (AvgIpc) is 3.53. The predicted molar refractivity (Wildman–Crippen MR) is 224 cm³/mol. The molecule has 4 aromatic rings. The molecule has 2 N–H and O–H groups in total. The number of benzene rings is 2. The van der Waals surface area contributed by atoms with E-state index in [2.05, 4.69) is 26.3 Å². The van der Waals surface area contributed by atoms with Crippen LogP contribution in [0.2, 0.25) is 0 Å². The van der Waals surface area contributed by atoms with Crippen molar-refractivity contribution in [2.45, 2.75) is 128 Å². The van der Waals surface area contributed by atoms with Crippen LogP contribution in [-0.4, -0.2) is 21.4 Å². The van der Waals surface area contributed by atoms with E-state index in [9.17, 15) is 19.8 Å². The molecule has 2 aromatic heterocycles. The first-order chi connectivity index (χ1) is 26.2. The lowest BCUT2D eigenvalue weighted by Crippen LogP contribution is -2.54. The standard InChI is InChI=1S/C48H56O9/c1-17-43(5,6)25-21-23-33(49)27-37-29(47(13,14)56-39(27)31(45(9,10)19-3)35(23)54-41(25)51)30-38(53-37)28-34(50)24-22-26(44(7,8)18-2)42(52)55-36(24)32(46(11,12)20-4)40(28)57-48(30,15)16/h17-22,29-30,37-38,49-50H,1-4H2,5-16H3. The fraction of sp³-hybridized carbons (Fsp3) is 0.458. The number of hydrogen-bond acceptors (Lipinski definition) is 9. The second-order valence-corrected chi connectivity index (χ2v) is 19.5. The molecule has 7 rings (SSSR count). The van der Waals surface area contributed by atoms with Crippen LogP contribution in [0.15, 0.2) is 81.2 Å². The van der Waals surface area contributed by atoms with Crippen LogP contribution in [0.25, 0.3) is 21.9 Å². The fourth-order valence-corrected chi connectivity index (χ4v) is 9.33. The van der Waals surface area contributed by atoms with Crippen molar-refractivity contribution in [2.75, 3.05) is 0 Å². The van der Waals surface area contributed by atoms with E-state index in [0.29, 0.717) is 55.7 Å². The van der Waals surface area contributed by atoms with Gasteiger partial charge in [0, 0.05) is 55.7 Å². The lowest BCUT2D eigenvalue weighted by atomic mass is 9.64. The zero-order valence-corrected chi connectivity index (χ0v) is 35.4. The lowest BCUT2D eigenvalue weighted by Gasteiger charge is -2.50. The minimum atomic E-state index is -0.948. The zero-order chi connectivity index (χ0) is 42.3. The third-order valence-corrected chi connectivity index (χ3v) is 13.3. The van der Waals surface area contributed by atoms with Gasteiger partial charge in [-0.1, -0.05) is 79.7 Å². The molecule has 0 radical (unpaired) electrons. The summed E-state index contributed by atoms with van der Waals surface area (Å²) in [5, 5.41) is 25.7. The number of allylic oxidation sites excluding steroid dienone is 4. The largest absolute Gasteiger partial charge is 0.507 e. The summed E-state index contributed by atoms with van der Waals surface area (Å²) in [6.45, 7) is 39.3. The van der Waals surface area contributed by atoms with Crippen molar-refractivity contribution in [1.82, 2.24) is 0 Å². The van der Waals surface area contributed by atoms with Crippen molar-refractivity contribution in [2.24, 2.45) is 11.8 Å². The van der Waals surface area contributed by atoms with Gasteiger partial charge < -0.3 is 33.3 Å². The van der Waals surface area contributed by atoms with Crippen molar-refractivity contribution in [3.05, 3.63) is 117 Å². The monoisotopic (exact) mass is 776 g/mol. The Balaban J connectivity index is 1.59. The van der Waals surface area contributed by atoms with Gasteiger partial charge in [0.1, 0.15) is 45.4 Å². The molecule has 302 valence electrons. The topological polar surface area (TPSA) is 129 Å². The number of fused-ring (bicyclic) bond motifs is 9. The summed E-state index contributed by atoms with van der Waals surface area (Å²) in [4.78, 5) is 27.3. The molecule has 9 nitrogen and oxygen atoms in total. The molecule has 0 aliphatic carbocycles. The van der Waals surface area contributed by atoms with E-state index in [-0.39, 0.29) is 22.7 Å². The summed E-state index contributed by atoms with van der Waals surface area (Å²) < 4.78 is 33.7. The molecule has 0 spiro atoms. The highest BCUT2D eigenvalue weighted by Crippen LogP contribution is 2.69. The molecule has 9 heteroatoms. The molecular weight excluding hydrogens is 721 g/mol. The molecular formula is C48H56O9. The van der Waals surface area contributed by atoms with Gasteiger partial charge in [0.05, 0.1) is 34.1 Å². The maximum Gasteiger partial charge on any atom is 0.340 e. The summed E-state index contributed by atoms with van der Waals surface area (Å²) in [6.07, 6.45) is 5.30. The van der Waals surface area contributed by atoms with Gasteiger partial charge in [0.2, 0.25) is 0 Å². The van der Waals surface area contributed by atoms with E-state index in [4.69, 9.17) is 23.0 Å². The number of hydrogen-bond donors (Lipinski definition) is 2. The van der Waals surface area contributed by atoms with Gasteiger partial charge in [-0.2, -0.15) is 0 Å². The molecule has 0 amide bonds. The summed E-state index contributed by atoms with van der Waals surface area (Å²) >= 11 is 0. The van der Waals surface area contributed by atoms with E-state index in [1.807, 2.05) is 83.1 Å². The first-order valence-corrected chi connectivity index (χ1v) is 19.6. The van der Waals surface area contributed by atoms with Crippen LogP contribution in [0.1, 0.15) is 129 Å². The van der Waals surface area contributed by atoms with Crippen LogP contribution in [0.3, 0.4) is 0 Å². The predicted octanol–water partition coefficient (Wildman–Crippen LogP) is 10.6. The van der Waals surface area contributed by atoms with E-state index in [0.717, 1.165) is 0 Å². The number of phenolic OH excluding ortho intramolecular Hbond substituents is 2. The molecule has 3 aliphatic heterocycles. The Bertz CT molecular complexity index is 2390. The number of ether oxygens (including phenoxy) is 3. The Labute approximate surface area is 334 Å². The van der Waals surface area contributed by atoms with E-state index >= 15 is 0 Å². The second kappa shape index (κ2) is 12.2. The SMILES string of the molecule is C=CC(C)(C)c1cc2c(O)c3c(c(C(C)(C)C=C)c2oc1=O)OC(C)(C)C1C3OC2c3c(c(C(C)(C)C=C)c4oc(=O)c(C(C)(C)C=C)cc4c3O)OC(C)(C)C21. The van der Waals surface area contributed by atoms with Gasteiger partial charge in [-0.05, 0) is 39.8 Å². The van der Waals surface area contributed by atoms with Crippen LogP contribution in [0, 0.1) is 11.8 Å². The molecule has 4 unspecified atom stereocenters. The highest BCUT2D eigenvalue weighted by atomic mass is 16.6. The van der Waals surface area contributed by atoms with Crippen LogP contribution < -0.4 is 20.7 Å². The second-order valence-electron chi connectivity index (χ2n) is 19.5. The summed E-state index contributed by atoms with van der Waals surface area (Å²) in [5.74, 6) is -0.438. The first kappa shape index (κ1) is 40.2. The molecule has 57 heavy (non-hydrogen) atoms. The molecule has 1 fully saturated rings. The molecule has 3 aliphatic rings. The zero-order valence-electron chi connectivity index (χ0n) is 35.4. The summed E-state index contributed by atoms with van der Waals surface area (Å²) in [7, 11) is 0. The number of phenols is 2. The third kappa shape index (κ3) is 5.51. The maximum atomic E-state index is 13.7. The van der Waals surface area contributed by atoms with Crippen molar-refractivity contribution in [3.8, 4) is 23.0 Å². The normalized spacial score (nSPS) is 22.4. The van der Waals surface area contributed by atoms with Crippen LogP contribution in [-0.2, 0) is 26.4 Å². The Morgan fingerprint density at radius 1 is 0.579 bits per heavy atom. The van der Waals surface area contributed by atoms with Gasteiger partial charge in [-0.25, -0.2) is 9.59 Å². The quantitative estimate of drug-likeness (QED) is 0.133. The molecule has 4 atom stereocenters. The van der Waals surface area contributed by atoms with E-state index in [1.165, 1.54) is 0 Å². The van der Waals surface area contributed by atoms with Crippen molar-refractivity contribution >= 4 is 21.9 Å². The fourth-order valence-electron chi connectivity index (χ4n) is 9.33. The average molecular weight is 777 g/mol.